The second-order valence-corrected chi connectivity index (χ2v) is 5.47. The number of nitrogens with zero attached hydrogens (tertiary/aromatic N) is 2. The van der Waals surface area contributed by atoms with E-state index in [9.17, 15) is 9.59 Å². The Morgan fingerprint density at radius 2 is 1.74 bits per heavy atom. The van der Waals surface area contributed by atoms with Crippen LogP contribution in [-0.4, -0.2) is 41.8 Å². The van der Waals surface area contributed by atoms with Crippen molar-refractivity contribution in [2.75, 3.05) is 20.1 Å². The molecule has 1 aromatic carbocycles. The summed E-state index contributed by atoms with van der Waals surface area (Å²) in [6, 6.07) is 11.1. The molecule has 0 unspecified atom stereocenters. The van der Waals surface area contributed by atoms with Gasteiger partial charge in [-0.05, 0) is 43.2 Å². The van der Waals surface area contributed by atoms with E-state index in [2.05, 4.69) is 10.3 Å². The van der Waals surface area contributed by atoms with Crippen LogP contribution in [0.5, 0.6) is 0 Å². The van der Waals surface area contributed by atoms with E-state index in [1.807, 2.05) is 31.2 Å². The fourth-order valence-corrected chi connectivity index (χ4v) is 2.07. The Morgan fingerprint density at radius 3 is 2.39 bits per heavy atom. The molecule has 0 saturated heterocycles. The smallest absolute Gasteiger partial charge is 0.251 e. The average Bonchev–Trinajstić information content (AvgIpc) is 2.58. The van der Waals surface area contributed by atoms with E-state index in [4.69, 9.17) is 0 Å². The van der Waals surface area contributed by atoms with Gasteiger partial charge in [-0.15, -0.1) is 0 Å². The fourth-order valence-electron chi connectivity index (χ4n) is 2.07. The highest BCUT2D eigenvalue weighted by atomic mass is 16.2. The molecule has 2 amide bonds. The second kappa shape index (κ2) is 8.08. The van der Waals surface area contributed by atoms with Crippen LogP contribution in [0.15, 0.2) is 48.8 Å². The zero-order chi connectivity index (χ0) is 16.7. The lowest BCUT2D eigenvalue weighted by atomic mass is 10.1. The van der Waals surface area contributed by atoms with Crippen LogP contribution < -0.4 is 5.32 Å². The molecule has 0 saturated carbocycles. The van der Waals surface area contributed by atoms with E-state index in [0.29, 0.717) is 12.1 Å². The molecular formula is C18H21N3O2. The van der Waals surface area contributed by atoms with E-state index in [1.54, 1.807) is 36.5 Å². The van der Waals surface area contributed by atoms with Crippen LogP contribution in [0.1, 0.15) is 21.5 Å². The third kappa shape index (κ3) is 5.21. The van der Waals surface area contributed by atoms with Gasteiger partial charge < -0.3 is 10.2 Å². The quantitative estimate of drug-likeness (QED) is 0.885. The standard InChI is InChI=1S/C18H21N3O2/c1-14-3-5-16(6-4-14)18(23)20-13-17(22)21(2)12-9-15-7-10-19-11-8-15/h3-8,10-11H,9,12-13H2,1-2H3,(H,20,23). The lowest BCUT2D eigenvalue weighted by Crippen LogP contribution is -2.39. The molecule has 0 bridgehead atoms. The summed E-state index contributed by atoms with van der Waals surface area (Å²) in [6.45, 7) is 2.56. The summed E-state index contributed by atoms with van der Waals surface area (Å²) in [5, 5.41) is 2.66. The molecule has 2 aromatic rings. The lowest BCUT2D eigenvalue weighted by Gasteiger charge is -2.17. The Morgan fingerprint density at radius 1 is 1.09 bits per heavy atom. The van der Waals surface area contributed by atoms with E-state index < -0.39 is 0 Å². The molecule has 0 aliphatic carbocycles. The van der Waals surface area contributed by atoms with Gasteiger partial charge in [-0.25, -0.2) is 0 Å². The minimum Gasteiger partial charge on any atom is -0.344 e. The Labute approximate surface area is 136 Å². The van der Waals surface area contributed by atoms with Gasteiger partial charge >= 0.3 is 0 Å². The molecule has 1 heterocycles. The maximum Gasteiger partial charge on any atom is 0.251 e. The van der Waals surface area contributed by atoms with E-state index in [-0.39, 0.29) is 18.4 Å². The number of likely N-dealkylation sites (N-methyl/N-ethyl adjacent to an activating group) is 1. The number of benzene rings is 1. The zero-order valence-corrected chi connectivity index (χ0v) is 13.5. The van der Waals surface area contributed by atoms with Crippen molar-refractivity contribution < 1.29 is 9.59 Å². The number of carbonyl (C=O) groups excluding carboxylic acids is 2. The van der Waals surface area contributed by atoms with E-state index in [0.717, 1.165) is 17.5 Å². The van der Waals surface area contributed by atoms with Crippen molar-refractivity contribution >= 4 is 11.8 Å². The normalized spacial score (nSPS) is 10.2. The summed E-state index contributed by atoms with van der Waals surface area (Å²) in [5.74, 6) is -0.347. The minimum absolute atomic E-state index is 0.000441. The Kier molecular flexibility index (Phi) is 5.86. The van der Waals surface area contributed by atoms with E-state index >= 15 is 0 Å². The summed E-state index contributed by atoms with van der Waals surface area (Å²) < 4.78 is 0. The lowest BCUT2D eigenvalue weighted by molar-refractivity contribution is -0.128. The van der Waals surface area contributed by atoms with Crippen LogP contribution in [0.3, 0.4) is 0 Å². The molecule has 0 fully saturated rings. The number of nitrogens with one attached hydrogen (secondary N) is 1. The molecule has 2 rings (SSSR count). The predicted octanol–water partition coefficient (Wildman–Crippen LogP) is 1.82. The van der Waals surface area contributed by atoms with Gasteiger partial charge in [-0.2, -0.15) is 0 Å². The summed E-state index contributed by atoms with van der Waals surface area (Å²) in [5.41, 5.74) is 2.78. The van der Waals surface area contributed by atoms with Gasteiger partial charge in [0.15, 0.2) is 0 Å². The van der Waals surface area contributed by atoms with Crippen LogP contribution in [0, 0.1) is 6.92 Å². The van der Waals surface area contributed by atoms with E-state index in [1.165, 1.54) is 0 Å². The molecular weight excluding hydrogens is 290 g/mol. The van der Waals surface area contributed by atoms with Crippen LogP contribution >= 0.6 is 0 Å². The first-order chi connectivity index (χ1) is 11.1. The summed E-state index contributed by atoms with van der Waals surface area (Å²) in [4.78, 5) is 29.6. The van der Waals surface area contributed by atoms with Gasteiger partial charge in [0.05, 0.1) is 6.54 Å². The van der Waals surface area contributed by atoms with Gasteiger partial charge in [0.2, 0.25) is 5.91 Å². The third-order valence-electron chi connectivity index (χ3n) is 3.62. The number of aryl methyl sites for hydroxylation is 1. The summed E-state index contributed by atoms with van der Waals surface area (Å²) in [6.07, 6.45) is 4.23. The Bertz CT molecular complexity index is 654. The summed E-state index contributed by atoms with van der Waals surface area (Å²) >= 11 is 0. The Hall–Kier alpha value is -2.69. The topological polar surface area (TPSA) is 62.3 Å². The van der Waals surface area contributed by atoms with Gasteiger partial charge in [0.25, 0.3) is 5.91 Å². The molecule has 120 valence electrons. The maximum atomic E-state index is 12.1. The average molecular weight is 311 g/mol. The molecule has 0 aliphatic heterocycles. The van der Waals surface area contributed by atoms with Crippen LogP contribution in [0.2, 0.25) is 0 Å². The van der Waals surface area contributed by atoms with Crippen molar-refractivity contribution in [2.24, 2.45) is 0 Å². The predicted molar refractivity (Wildman–Crippen MR) is 89.1 cm³/mol. The minimum atomic E-state index is -0.235. The second-order valence-electron chi connectivity index (χ2n) is 5.47. The zero-order valence-electron chi connectivity index (χ0n) is 13.5. The Balaban J connectivity index is 1.77. The molecule has 5 heteroatoms. The number of hydrogen-bond acceptors (Lipinski definition) is 3. The number of hydrogen-bond donors (Lipinski definition) is 1. The van der Waals surface area contributed by atoms with Gasteiger partial charge in [-0.1, -0.05) is 17.7 Å². The number of aromatic nitrogens is 1. The van der Waals surface area contributed by atoms with Crippen LogP contribution in [-0.2, 0) is 11.2 Å². The summed E-state index contributed by atoms with van der Waals surface area (Å²) in [7, 11) is 1.74. The van der Waals surface area contributed by atoms with Gasteiger partial charge in [-0.3, -0.25) is 14.6 Å². The fraction of sp³-hybridized carbons (Fsp3) is 0.278. The third-order valence-corrected chi connectivity index (χ3v) is 3.62. The molecule has 5 nitrogen and oxygen atoms in total. The molecule has 1 aromatic heterocycles. The highest BCUT2D eigenvalue weighted by Gasteiger charge is 2.11. The number of carbonyl (C=O) groups is 2. The first kappa shape index (κ1) is 16.7. The van der Waals surface area contributed by atoms with Crippen molar-refractivity contribution in [1.29, 1.82) is 0 Å². The SMILES string of the molecule is Cc1ccc(C(=O)NCC(=O)N(C)CCc2ccncc2)cc1. The highest BCUT2D eigenvalue weighted by Crippen LogP contribution is 2.03. The van der Waals surface area contributed by atoms with Crippen molar-refractivity contribution in [2.45, 2.75) is 13.3 Å². The molecule has 0 atom stereocenters. The first-order valence-electron chi connectivity index (χ1n) is 7.54. The van der Waals surface area contributed by atoms with Gasteiger partial charge in [0.1, 0.15) is 0 Å². The monoisotopic (exact) mass is 311 g/mol. The molecule has 0 aliphatic rings. The molecule has 0 spiro atoms. The first-order valence-corrected chi connectivity index (χ1v) is 7.54. The molecule has 23 heavy (non-hydrogen) atoms. The number of rotatable bonds is 6. The number of pyridine rings is 1. The van der Waals surface area contributed by atoms with Crippen molar-refractivity contribution in [3.63, 3.8) is 0 Å². The number of amides is 2. The van der Waals surface area contributed by atoms with Crippen LogP contribution in [0.4, 0.5) is 0 Å². The molecule has 0 radical (unpaired) electrons. The highest BCUT2D eigenvalue weighted by molar-refractivity contribution is 5.96. The van der Waals surface area contributed by atoms with Gasteiger partial charge in [0, 0.05) is 31.5 Å². The van der Waals surface area contributed by atoms with Crippen molar-refractivity contribution in [3.8, 4) is 0 Å². The van der Waals surface area contributed by atoms with Crippen molar-refractivity contribution in [1.82, 2.24) is 15.2 Å². The maximum absolute atomic E-state index is 12.1. The van der Waals surface area contributed by atoms with Crippen LogP contribution in [0.25, 0.3) is 0 Å². The largest absolute Gasteiger partial charge is 0.344 e. The van der Waals surface area contributed by atoms with Crippen molar-refractivity contribution in [3.05, 3.63) is 65.5 Å². The molecule has 1 N–H and O–H groups in total.